The normalized spacial score (nSPS) is 10.3. The fourth-order valence-corrected chi connectivity index (χ4v) is 1.86. The molecule has 2 heterocycles. The molecule has 104 valence electrons. The molecule has 0 atom stereocenters. The maximum absolute atomic E-state index is 11.7. The lowest BCUT2D eigenvalue weighted by molar-refractivity contribution is 0.0600. The van der Waals surface area contributed by atoms with Gasteiger partial charge in [0.15, 0.2) is 0 Å². The van der Waals surface area contributed by atoms with Crippen LogP contribution in [0, 0.1) is 6.92 Å². The van der Waals surface area contributed by atoms with Gasteiger partial charge in [-0.2, -0.15) is 0 Å². The Labute approximate surface area is 115 Å². The Bertz CT molecular complexity index is 734. The molecule has 0 aliphatic heterocycles. The van der Waals surface area contributed by atoms with Crippen LogP contribution >= 0.6 is 0 Å². The second kappa shape index (κ2) is 5.16. The van der Waals surface area contributed by atoms with Gasteiger partial charge in [-0.15, -0.1) is 0 Å². The number of carbonyl (C=O) groups is 1. The topological polar surface area (TPSA) is 81.4 Å². The SMILES string of the molecule is COC(=O)c1cc(C)nc(-c2cc(=O)n(C)cc2O)c1. The summed E-state index contributed by atoms with van der Waals surface area (Å²) in [4.78, 5) is 27.5. The van der Waals surface area contributed by atoms with Crippen LogP contribution in [0.5, 0.6) is 5.75 Å². The van der Waals surface area contributed by atoms with Crippen LogP contribution in [-0.4, -0.2) is 27.7 Å². The Morgan fingerprint density at radius 2 is 2.05 bits per heavy atom. The number of rotatable bonds is 2. The highest BCUT2D eigenvalue weighted by atomic mass is 16.5. The number of nitrogens with zero attached hydrogens (tertiary/aromatic N) is 2. The zero-order valence-corrected chi connectivity index (χ0v) is 11.4. The third kappa shape index (κ3) is 2.54. The summed E-state index contributed by atoms with van der Waals surface area (Å²) >= 11 is 0. The van der Waals surface area contributed by atoms with Crippen molar-refractivity contribution in [2.45, 2.75) is 6.92 Å². The van der Waals surface area contributed by atoms with E-state index in [1.165, 1.54) is 37.1 Å². The molecule has 1 N–H and O–H groups in total. The van der Waals surface area contributed by atoms with Gasteiger partial charge in [0.2, 0.25) is 0 Å². The highest BCUT2D eigenvalue weighted by Crippen LogP contribution is 2.26. The molecule has 2 aromatic heterocycles. The summed E-state index contributed by atoms with van der Waals surface area (Å²) in [6, 6.07) is 4.33. The van der Waals surface area contributed by atoms with E-state index in [1.807, 2.05) is 0 Å². The van der Waals surface area contributed by atoms with Gasteiger partial charge in [0.05, 0.1) is 18.4 Å². The molecule has 20 heavy (non-hydrogen) atoms. The van der Waals surface area contributed by atoms with Crippen molar-refractivity contribution < 1.29 is 14.6 Å². The fraction of sp³-hybridized carbons (Fsp3) is 0.214. The van der Waals surface area contributed by atoms with E-state index < -0.39 is 5.97 Å². The number of aromatic hydroxyl groups is 1. The minimum Gasteiger partial charge on any atom is -0.506 e. The predicted molar refractivity (Wildman–Crippen MR) is 72.7 cm³/mol. The Morgan fingerprint density at radius 1 is 1.35 bits per heavy atom. The van der Waals surface area contributed by atoms with Crippen LogP contribution in [0.25, 0.3) is 11.3 Å². The zero-order chi connectivity index (χ0) is 14.9. The molecule has 0 aromatic carbocycles. The Balaban J connectivity index is 2.64. The number of hydrogen-bond acceptors (Lipinski definition) is 5. The molecule has 2 rings (SSSR count). The summed E-state index contributed by atoms with van der Waals surface area (Å²) in [6.07, 6.45) is 1.31. The van der Waals surface area contributed by atoms with Crippen LogP contribution in [0.4, 0.5) is 0 Å². The fourth-order valence-electron chi connectivity index (χ4n) is 1.86. The maximum Gasteiger partial charge on any atom is 0.337 e. The molecule has 0 saturated carbocycles. The van der Waals surface area contributed by atoms with Crippen LogP contribution in [0.3, 0.4) is 0 Å². The Kier molecular flexibility index (Phi) is 3.56. The molecule has 0 bridgehead atoms. The van der Waals surface area contributed by atoms with Gasteiger partial charge in [0, 0.05) is 30.6 Å². The summed E-state index contributed by atoms with van der Waals surface area (Å²) < 4.78 is 5.92. The van der Waals surface area contributed by atoms with Crippen molar-refractivity contribution in [3.8, 4) is 17.0 Å². The molecule has 0 aliphatic carbocycles. The van der Waals surface area contributed by atoms with E-state index >= 15 is 0 Å². The molecular formula is C14H14N2O4. The lowest BCUT2D eigenvalue weighted by Crippen LogP contribution is -2.14. The third-order valence-electron chi connectivity index (χ3n) is 2.86. The summed E-state index contributed by atoms with van der Waals surface area (Å²) in [5, 5.41) is 9.93. The van der Waals surface area contributed by atoms with Crippen molar-refractivity contribution in [2.75, 3.05) is 7.11 Å². The first-order valence-corrected chi connectivity index (χ1v) is 5.89. The van der Waals surface area contributed by atoms with Crippen molar-refractivity contribution in [3.05, 3.63) is 46.0 Å². The van der Waals surface area contributed by atoms with E-state index in [0.29, 0.717) is 17.0 Å². The second-order valence-electron chi connectivity index (χ2n) is 4.40. The summed E-state index contributed by atoms with van der Waals surface area (Å²) in [5.41, 5.74) is 1.25. The number of esters is 1. The number of pyridine rings is 2. The highest BCUT2D eigenvalue weighted by Gasteiger charge is 2.13. The summed E-state index contributed by atoms with van der Waals surface area (Å²) in [7, 11) is 2.82. The standard InChI is InChI=1S/C14H14N2O4/c1-8-4-9(14(19)20-3)5-11(15-8)10-6-13(18)16(2)7-12(10)17/h4-7,17H,1-3H3. The van der Waals surface area contributed by atoms with Gasteiger partial charge in [0.25, 0.3) is 5.56 Å². The first-order valence-electron chi connectivity index (χ1n) is 5.89. The van der Waals surface area contributed by atoms with Gasteiger partial charge < -0.3 is 14.4 Å². The van der Waals surface area contributed by atoms with Crippen LogP contribution in [0.1, 0.15) is 16.1 Å². The quantitative estimate of drug-likeness (QED) is 0.833. The van der Waals surface area contributed by atoms with Crippen LogP contribution in [0.15, 0.2) is 29.2 Å². The molecule has 0 aliphatic rings. The number of aromatic nitrogens is 2. The first-order chi connectivity index (χ1) is 9.42. The van der Waals surface area contributed by atoms with Crippen LogP contribution in [-0.2, 0) is 11.8 Å². The molecule has 0 amide bonds. The van der Waals surface area contributed by atoms with E-state index in [2.05, 4.69) is 9.72 Å². The Hall–Kier alpha value is -2.63. The van der Waals surface area contributed by atoms with Crippen molar-refractivity contribution in [1.82, 2.24) is 9.55 Å². The molecule has 0 fully saturated rings. The van der Waals surface area contributed by atoms with E-state index in [9.17, 15) is 14.7 Å². The molecule has 2 aromatic rings. The van der Waals surface area contributed by atoms with Crippen molar-refractivity contribution in [3.63, 3.8) is 0 Å². The minimum atomic E-state index is -0.500. The van der Waals surface area contributed by atoms with Gasteiger partial charge in [-0.05, 0) is 19.1 Å². The highest BCUT2D eigenvalue weighted by molar-refractivity contribution is 5.90. The maximum atomic E-state index is 11.7. The smallest absolute Gasteiger partial charge is 0.337 e. The van der Waals surface area contributed by atoms with Crippen molar-refractivity contribution in [2.24, 2.45) is 7.05 Å². The van der Waals surface area contributed by atoms with Gasteiger partial charge in [-0.25, -0.2) is 4.79 Å². The van der Waals surface area contributed by atoms with Gasteiger partial charge in [0.1, 0.15) is 5.75 Å². The molecule has 0 unspecified atom stereocenters. The van der Waals surface area contributed by atoms with E-state index in [4.69, 9.17) is 0 Å². The molecule has 0 saturated heterocycles. The van der Waals surface area contributed by atoms with Gasteiger partial charge in [-0.1, -0.05) is 0 Å². The largest absolute Gasteiger partial charge is 0.506 e. The zero-order valence-electron chi connectivity index (χ0n) is 11.4. The lowest BCUT2D eigenvalue weighted by Gasteiger charge is -2.08. The molecule has 6 heteroatoms. The van der Waals surface area contributed by atoms with Crippen LogP contribution < -0.4 is 5.56 Å². The van der Waals surface area contributed by atoms with Gasteiger partial charge >= 0.3 is 5.97 Å². The average molecular weight is 274 g/mol. The minimum absolute atomic E-state index is 0.0824. The van der Waals surface area contributed by atoms with E-state index in [-0.39, 0.29) is 16.9 Å². The summed E-state index contributed by atoms with van der Waals surface area (Å²) in [6.45, 7) is 1.72. The Morgan fingerprint density at radius 3 is 2.70 bits per heavy atom. The first kappa shape index (κ1) is 13.8. The average Bonchev–Trinajstić information content (AvgIpc) is 2.41. The van der Waals surface area contributed by atoms with Crippen molar-refractivity contribution in [1.29, 1.82) is 0 Å². The molecule has 0 spiro atoms. The van der Waals surface area contributed by atoms with E-state index in [0.717, 1.165) is 0 Å². The predicted octanol–water partition coefficient (Wildman–Crippen LogP) is 1.25. The number of methoxy groups -OCH3 is 1. The molecular weight excluding hydrogens is 260 g/mol. The lowest BCUT2D eigenvalue weighted by atomic mass is 10.1. The molecule has 0 radical (unpaired) electrons. The van der Waals surface area contributed by atoms with Gasteiger partial charge in [-0.3, -0.25) is 9.78 Å². The van der Waals surface area contributed by atoms with Crippen molar-refractivity contribution >= 4 is 5.97 Å². The number of aryl methyl sites for hydroxylation is 2. The number of carbonyl (C=O) groups excluding carboxylic acids is 1. The van der Waals surface area contributed by atoms with E-state index in [1.54, 1.807) is 13.0 Å². The third-order valence-corrected chi connectivity index (χ3v) is 2.86. The molecule has 6 nitrogen and oxygen atoms in total. The monoisotopic (exact) mass is 274 g/mol. The summed E-state index contributed by atoms with van der Waals surface area (Å²) in [5.74, 6) is -0.582. The van der Waals surface area contributed by atoms with Crippen LogP contribution in [0.2, 0.25) is 0 Å². The number of hydrogen-bond donors (Lipinski definition) is 1. The second-order valence-corrected chi connectivity index (χ2v) is 4.40. The number of ether oxygens (including phenoxy) is 1.